The number of aliphatic imine (C=N–C) groups is 1. The van der Waals surface area contributed by atoms with Gasteiger partial charge in [-0.15, -0.1) is 11.3 Å². The van der Waals surface area contributed by atoms with Gasteiger partial charge in [0.05, 0.1) is 6.54 Å². The van der Waals surface area contributed by atoms with Crippen LogP contribution in [0.1, 0.15) is 11.3 Å². The molecule has 0 bridgehead atoms. The van der Waals surface area contributed by atoms with Crippen LogP contribution in [0.4, 0.5) is 0 Å². The molecule has 0 aromatic carbocycles. The van der Waals surface area contributed by atoms with E-state index in [1.165, 1.54) is 4.88 Å². The molecule has 1 rings (SSSR count). The normalized spacial score (nSPS) is 11.6. The smallest absolute Gasteiger partial charge is 0.191 e. The fraction of sp³-hybridized carbons (Fsp3) is 0.545. The summed E-state index contributed by atoms with van der Waals surface area (Å²) in [5.41, 5.74) is 0. The minimum absolute atomic E-state index is 0.766. The van der Waals surface area contributed by atoms with Gasteiger partial charge in [-0.1, -0.05) is 0 Å². The minimum Gasteiger partial charge on any atom is -0.385 e. The van der Waals surface area contributed by atoms with Gasteiger partial charge >= 0.3 is 0 Å². The van der Waals surface area contributed by atoms with Crippen LogP contribution in [0.3, 0.4) is 0 Å². The van der Waals surface area contributed by atoms with Gasteiger partial charge < -0.3 is 15.4 Å². The Kier molecular flexibility index (Phi) is 7.23. The van der Waals surface area contributed by atoms with Crippen LogP contribution in [-0.4, -0.2) is 33.3 Å². The first kappa shape index (κ1) is 14.5. The van der Waals surface area contributed by atoms with Gasteiger partial charge in [0.15, 0.2) is 5.96 Å². The van der Waals surface area contributed by atoms with Gasteiger partial charge in [0.1, 0.15) is 0 Å². The molecule has 6 heteroatoms. The molecule has 0 unspecified atom stereocenters. The summed E-state index contributed by atoms with van der Waals surface area (Å²) in [6, 6.07) is 2.11. The first-order chi connectivity index (χ1) is 8.26. The second kappa shape index (κ2) is 8.49. The molecule has 0 aliphatic carbocycles. The molecule has 1 aromatic rings. The molecule has 0 spiro atoms. The molecule has 4 nitrogen and oxygen atoms in total. The number of methoxy groups -OCH3 is 1. The van der Waals surface area contributed by atoms with Gasteiger partial charge in [-0.3, -0.25) is 4.99 Å². The van der Waals surface area contributed by atoms with Crippen molar-refractivity contribution in [1.29, 1.82) is 0 Å². The van der Waals surface area contributed by atoms with Crippen LogP contribution in [0.5, 0.6) is 0 Å². The zero-order valence-electron chi connectivity index (χ0n) is 10.1. The van der Waals surface area contributed by atoms with Gasteiger partial charge in [-0.05, 0) is 28.4 Å². The molecular formula is C11H18BrN3OS. The molecule has 0 fully saturated rings. The topological polar surface area (TPSA) is 45.7 Å². The average molecular weight is 320 g/mol. The summed E-state index contributed by atoms with van der Waals surface area (Å²) in [6.45, 7) is 2.42. The van der Waals surface area contributed by atoms with Gasteiger partial charge in [0.2, 0.25) is 0 Å². The minimum atomic E-state index is 0.766. The lowest BCUT2D eigenvalue weighted by molar-refractivity contribution is 0.195. The third-order valence-corrected chi connectivity index (χ3v) is 3.79. The lowest BCUT2D eigenvalue weighted by Crippen LogP contribution is -2.37. The van der Waals surface area contributed by atoms with Crippen molar-refractivity contribution in [2.24, 2.45) is 4.99 Å². The van der Waals surface area contributed by atoms with E-state index in [-0.39, 0.29) is 0 Å². The highest BCUT2D eigenvalue weighted by atomic mass is 79.9. The summed E-state index contributed by atoms with van der Waals surface area (Å²) >= 11 is 5.16. The van der Waals surface area contributed by atoms with Gasteiger partial charge in [-0.2, -0.15) is 0 Å². The van der Waals surface area contributed by atoms with Crippen molar-refractivity contribution >= 4 is 33.2 Å². The second-order valence-corrected chi connectivity index (χ2v) is 5.34. The lowest BCUT2D eigenvalue weighted by atomic mass is 10.4. The Morgan fingerprint density at radius 2 is 2.35 bits per heavy atom. The largest absolute Gasteiger partial charge is 0.385 e. The zero-order chi connectivity index (χ0) is 12.5. The highest BCUT2D eigenvalue weighted by Gasteiger charge is 2.00. The van der Waals surface area contributed by atoms with Crippen molar-refractivity contribution in [3.8, 4) is 0 Å². The molecule has 0 saturated carbocycles. The first-order valence-electron chi connectivity index (χ1n) is 5.42. The van der Waals surface area contributed by atoms with Crippen LogP contribution >= 0.6 is 27.3 Å². The third kappa shape index (κ3) is 6.05. The molecule has 0 amide bonds. The summed E-state index contributed by atoms with van der Waals surface area (Å²) in [6.07, 6.45) is 0.974. The molecule has 1 aromatic heterocycles. The molecular weight excluding hydrogens is 302 g/mol. The van der Waals surface area contributed by atoms with E-state index in [4.69, 9.17) is 4.74 Å². The average Bonchev–Trinajstić information content (AvgIpc) is 2.74. The predicted octanol–water partition coefficient (Wildman–Crippen LogP) is 2.21. The van der Waals surface area contributed by atoms with Crippen LogP contribution in [0.2, 0.25) is 0 Å². The highest BCUT2D eigenvalue weighted by molar-refractivity contribution is 9.10. The van der Waals surface area contributed by atoms with Crippen molar-refractivity contribution in [3.63, 3.8) is 0 Å². The monoisotopic (exact) mass is 319 g/mol. The van der Waals surface area contributed by atoms with E-state index >= 15 is 0 Å². The molecule has 96 valence electrons. The fourth-order valence-electron chi connectivity index (χ4n) is 1.26. The zero-order valence-corrected chi connectivity index (χ0v) is 12.5. The number of hydrogen-bond donors (Lipinski definition) is 2. The summed E-state index contributed by atoms with van der Waals surface area (Å²) in [5, 5.41) is 8.57. The van der Waals surface area contributed by atoms with E-state index in [2.05, 4.69) is 43.0 Å². The molecule has 0 aliphatic rings. The van der Waals surface area contributed by atoms with E-state index in [0.717, 1.165) is 36.5 Å². The number of guanidine groups is 1. The van der Waals surface area contributed by atoms with Crippen molar-refractivity contribution in [1.82, 2.24) is 10.6 Å². The number of nitrogens with one attached hydrogen (secondary N) is 2. The number of thiophene rings is 1. The van der Waals surface area contributed by atoms with Crippen molar-refractivity contribution in [2.75, 3.05) is 27.3 Å². The number of halogens is 1. The SMILES string of the molecule is CN=C(NCCCOC)NCc1cc(Br)cs1. The number of nitrogens with zero attached hydrogens (tertiary/aromatic N) is 1. The van der Waals surface area contributed by atoms with Crippen LogP contribution in [0.25, 0.3) is 0 Å². The Morgan fingerprint density at radius 1 is 1.53 bits per heavy atom. The maximum atomic E-state index is 4.99. The predicted molar refractivity (Wildman–Crippen MR) is 76.7 cm³/mol. The number of ether oxygens (including phenoxy) is 1. The van der Waals surface area contributed by atoms with Crippen molar-refractivity contribution in [2.45, 2.75) is 13.0 Å². The molecule has 1 heterocycles. The van der Waals surface area contributed by atoms with Crippen LogP contribution < -0.4 is 10.6 Å². The molecule has 0 saturated heterocycles. The standard InChI is InChI=1S/C11H18BrN3OS/c1-13-11(14-4-3-5-16-2)15-7-10-6-9(12)8-17-10/h6,8H,3-5,7H2,1-2H3,(H2,13,14,15). The van der Waals surface area contributed by atoms with Crippen LogP contribution in [0, 0.1) is 0 Å². The third-order valence-electron chi connectivity index (χ3n) is 2.09. The van der Waals surface area contributed by atoms with Gasteiger partial charge in [0, 0.05) is 42.0 Å². The summed E-state index contributed by atoms with van der Waals surface area (Å²) in [7, 11) is 3.48. The van der Waals surface area contributed by atoms with Crippen molar-refractivity contribution in [3.05, 3.63) is 20.8 Å². The first-order valence-corrected chi connectivity index (χ1v) is 7.10. The Hall–Kier alpha value is -0.590. The van der Waals surface area contributed by atoms with Crippen LogP contribution in [-0.2, 0) is 11.3 Å². The van der Waals surface area contributed by atoms with E-state index in [9.17, 15) is 0 Å². The van der Waals surface area contributed by atoms with E-state index < -0.39 is 0 Å². The van der Waals surface area contributed by atoms with Gasteiger partial charge in [0.25, 0.3) is 0 Å². The maximum Gasteiger partial charge on any atom is 0.191 e. The Morgan fingerprint density at radius 3 is 2.94 bits per heavy atom. The highest BCUT2D eigenvalue weighted by Crippen LogP contribution is 2.19. The second-order valence-electron chi connectivity index (χ2n) is 3.43. The summed E-state index contributed by atoms with van der Waals surface area (Å²) in [5.74, 6) is 0.825. The molecule has 0 radical (unpaired) electrons. The molecule has 17 heavy (non-hydrogen) atoms. The number of hydrogen-bond acceptors (Lipinski definition) is 3. The lowest BCUT2D eigenvalue weighted by Gasteiger charge is -2.10. The summed E-state index contributed by atoms with van der Waals surface area (Å²) in [4.78, 5) is 5.43. The summed E-state index contributed by atoms with van der Waals surface area (Å²) < 4.78 is 6.11. The van der Waals surface area contributed by atoms with Crippen LogP contribution in [0.15, 0.2) is 20.9 Å². The number of rotatable bonds is 6. The fourth-order valence-corrected chi connectivity index (χ4v) is 2.65. The van der Waals surface area contributed by atoms with E-state index in [1.807, 2.05) is 0 Å². The molecule has 0 atom stereocenters. The Bertz CT molecular complexity index is 354. The Labute approximate surface area is 115 Å². The molecule has 0 aliphatic heterocycles. The molecule has 2 N–H and O–H groups in total. The van der Waals surface area contributed by atoms with E-state index in [0.29, 0.717) is 0 Å². The Balaban J connectivity index is 2.23. The quantitative estimate of drug-likeness (QED) is 0.480. The van der Waals surface area contributed by atoms with Gasteiger partial charge in [-0.25, -0.2) is 0 Å². The van der Waals surface area contributed by atoms with E-state index in [1.54, 1.807) is 25.5 Å². The maximum absolute atomic E-state index is 4.99. The van der Waals surface area contributed by atoms with Crippen molar-refractivity contribution < 1.29 is 4.74 Å².